The molecule has 0 bridgehead atoms. The van der Waals surface area contributed by atoms with Crippen molar-refractivity contribution < 1.29 is 28.6 Å². The summed E-state index contributed by atoms with van der Waals surface area (Å²) in [6.45, 7) is 6.60. The lowest BCUT2D eigenvalue weighted by molar-refractivity contribution is -0.167. The Morgan fingerprint density at radius 2 is 0.537 bits per heavy atom. The first-order valence-electron chi connectivity index (χ1n) is 29.1. The summed E-state index contributed by atoms with van der Waals surface area (Å²) >= 11 is 0. The molecule has 6 heteroatoms. The topological polar surface area (TPSA) is 78.9 Å². The van der Waals surface area contributed by atoms with Gasteiger partial charge in [-0.3, -0.25) is 14.4 Å². The van der Waals surface area contributed by atoms with Crippen LogP contribution in [-0.4, -0.2) is 37.2 Å². The van der Waals surface area contributed by atoms with Crippen molar-refractivity contribution in [1.82, 2.24) is 0 Å². The van der Waals surface area contributed by atoms with Crippen LogP contribution in [0.4, 0.5) is 0 Å². The zero-order chi connectivity index (χ0) is 48.6. The van der Waals surface area contributed by atoms with E-state index in [-0.39, 0.29) is 31.1 Å². The Labute approximate surface area is 416 Å². The highest BCUT2D eigenvalue weighted by molar-refractivity contribution is 5.71. The molecule has 0 aliphatic heterocycles. The van der Waals surface area contributed by atoms with Gasteiger partial charge in [-0.25, -0.2) is 0 Å². The first-order chi connectivity index (χ1) is 33.0. The molecule has 1 unspecified atom stereocenters. The number of carbonyl (C=O) groups is 3. The third-order valence-corrected chi connectivity index (χ3v) is 12.8. The van der Waals surface area contributed by atoms with Gasteiger partial charge in [0.1, 0.15) is 13.2 Å². The Kier molecular flexibility index (Phi) is 53.8. The molecular formula is C61H110O6. The smallest absolute Gasteiger partial charge is 0.306 e. The van der Waals surface area contributed by atoms with Crippen molar-refractivity contribution in [1.29, 1.82) is 0 Å². The molecule has 0 radical (unpaired) electrons. The Bertz CT molecular complexity index is 1170. The fourth-order valence-electron chi connectivity index (χ4n) is 8.39. The number of esters is 3. The van der Waals surface area contributed by atoms with Gasteiger partial charge in [0.25, 0.3) is 0 Å². The Morgan fingerprint density at radius 1 is 0.299 bits per heavy atom. The van der Waals surface area contributed by atoms with Crippen LogP contribution in [0.5, 0.6) is 0 Å². The van der Waals surface area contributed by atoms with Gasteiger partial charge in [0, 0.05) is 19.3 Å². The number of rotatable bonds is 53. The zero-order valence-electron chi connectivity index (χ0n) is 44.7. The zero-order valence-corrected chi connectivity index (χ0v) is 44.7. The van der Waals surface area contributed by atoms with Crippen molar-refractivity contribution in [3.05, 3.63) is 48.6 Å². The summed E-state index contributed by atoms with van der Waals surface area (Å²) in [5.74, 6) is -0.881. The average Bonchev–Trinajstić information content (AvgIpc) is 3.33. The number of allylic oxidation sites excluding steroid dienone is 8. The van der Waals surface area contributed by atoms with Gasteiger partial charge in [0.15, 0.2) is 6.10 Å². The van der Waals surface area contributed by atoms with Crippen LogP contribution in [0.1, 0.15) is 303 Å². The maximum absolute atomic E-state index is 12.8. The van der Waals surface area contributed by atoms with E-state index in [1.165, 1.54) is 186 Å². The molecule has 0 saturated carbocycles. The molecule has 390 valence electrons. The highest BCUT2D eigenvalue weighted by atomic mass is 16.6. The van der Waals surface area contributed by atoms with Gasteiger partial charge < -0.3 is 14.2 Å². The maximum Gasteiger partial charge on any atom is 0.306 e. The number of hydrogen-bond donors (Lipinski definition) is 0. The monoisotopic (exact) mass is 939 g/mol. The van der Waals surface area contributed by atoms with E-state index in [0.717, 1.165) is 77.0 Å². The molecule has 1 atom stereocenters. The summed E-state index contributed by atoms with van der Waals surface area (Å²) in [5, 5.41) is 0. The molecule has 0 heterocycles. The van der Waals surface area contributed by atoms with Crippen LogP contribution in [0, 0.1) is 0 Å². The SMILES string of the molecule is CCCCCCC/C=C\C/C=C\C/C=C\CCCCCCCCCCCCCCC(=O)OCC(COC(=O)CCCCCCCCC)OC(=O)CCCCCCC/C=C\CCCCCCCC. The molecule has 0 N–H and O–H groups in total. The van der Waals surface area contributed by atoms with E-state index in [4.69, 9.17) is 14.2 Å². The number of hydrogen-bond acceptors (Lipinski definition) is 6. The standard InChI is InChI=1S/C61H110O6/c1-4-7-10-13-16-18-20-22-24-25-26-27-28-29-30-31-32-33-34-35-37-38-40-42-45-48-51-54-60(63)66-57-58(56-65-59(62)53-50-47-44-15-12-9-6-3)67-61(64)55-52-49-46-43-41-39-36-23-21-19-17-14-11-8-5-2/h20,22-23,25-26,28-29,36,58H,4-19,21,24,27,30-35,37-57H2,1-3H3/b22-20-,26-25-,29-28-,36-23-. The third kappa shape index (κ3) is 54.2. The molecule has 0 aromatic rings. The van der Waals surface area contributed by atoms with Crippen molar-refractivity contribution in [2.75, 3.05) is 13.2 Å². The minimum atomic E-state index is -0.773. The summed E-state index contributed by atoms with van der Waals surface area (Å²) in [6, 6.07) is 0. The van der Waals surface area contributed by atoms with Crippen molar-refractivity contribution in [3.8, 4) is 0 Å². The minimum Gasteiger partial charge on any atom is -0.462 e. The molecule has 0 rings (SSSR count). The second kappa shape index (κ2) is 56.0. The van der Waals surface area contributed by atoms with Gasteiger partial charge in [-0.2, -0.15) is 0 Å². The van der Waals surface area contributed by atoms with Gasteiger partial charge in [0.2, 0.25) is 0 Å². The van der Waals surface area contributed by atoms with E-state index in [1.54, 1.807) is 0 Å². The molecule has 0 aliphatic rings. The lowest BCUT2D eigenvalue weighted by atomic mass is 10.0. The minimum absolute atomic E-state index is 0.0748. The highest BCUT2D eigenvalue weighted by Crippen LogP contribution is 2.16. The van der Waals surface area contributed by atoms with Crippen molar-refractivity contribution in [2.45, 2.75) is 309 Å². The van der Waals surface area contributed by atoms with Crippen LogP contribution in [0.25, 0.3) is 0 Å². The van der Waals surface area contributed by atoms with Crippen molar-refractivity contribution in [2.24, 2.45) is 0 Å². The normalized spacial score (nSPS) is 12.3. The predicted molar refractivity (Wildman–Crippen MR) is 289 cm³/mol. The van der Waals surface area contributed by atoms with Gasteiger partial charge in [-0.05, 0) is 83.5 Å². The number of ether oxygens (including phenoxy) is 3. The summed E-state index contributed by atoms with van der Waals surface area (Å²) < 4.78 is 16.8. The Hall–Kier alpha value is -2.63. The third-order valence-electron chi connectivity index (χ3n) is 12.8. The van der Waals surface area contributed by atoms with E-state index in [9.17, 15) is 14.4 Å². The molecule has 0 saturated heterocycles. The largest absolute Gasteiger partial charge is 0.462 e. The second-order valence-corrected chi connectivity index (χ2v) is 19.6. The molecule has 0 aliphatic carbocycles. The predicted octanol–water partition coefficient (Wildman–Crippen LogP) is 19.4. The van der Waals surface area contributed by atoms with Crippen LogP contribution in [0.2, 0.25) is 0 Å². The van der Waals surface area contributed by atoms with Crippen LogP contribution >= 0.6 is 0 Å². The van der Waals surface area contributed by atoms with Crippen LogP contribution < -0.4 is 0 Å². The Morgan fingerprint density at radius 3 is 0.851 bits per heavy atom. The molecule has 0 spiro atoms. The summed E-state index contributed by atoms with van der Waals surface area (Å²) in [5.41, 5.74) is 0. The van der Waals surface area contributed by atoms with Gasteiger partial charge in [-0.15, -0.1) is 0 Å². The molecule has 0 fully saturated rings. The van der Waals surface area contributed by atoms with Gasteiger partial charge >= 0.3 is 17.9 Å². The first kappa shape index (κ1) is 64.4. The fraction of sp³-hybridized carbons (Fsp3) is 0.820. The molecule has 0 aromatic heterocycles. The Balaban J connectivity index is 4.11. The molecule has 67 heavy (non-hydrogen) atoms. The highest BCUT2D eigenvalue weighted by Gasteiger charge is 2.19. The summed E-state index contributed by atoms with van der Waals surface area (Å²) in [4.78, 5) is 37.9. The first-order valence-corrected chi connectivity index (χ1v) is 29.1. The van der Waals surface area contributed by atoms with Crippen LogP contribution in [0.3, 0.4) is 0 Å². The van der Waals surface area contributed by atoms with E-state index in [2.05, 4.69) is 69.4 Å². The molecule has 6 nitrogen and oxygen atoms in total. The van der Waals surface area contributed by atoms with Gasteiger partial charge in [-0.1, -0.05) is 249 Å². The van der Waals surface area contributed by atoms with E-state index in [1.807, 2.05) is 0 Å². The molecule has 0 amide bonds. The maximum atomic E-state index is 12.8. The second-order valence-electron chi connectivity index (χ2n) is 19.6. The fourth-order valence-corrected chi connectivity index (χ4v) is 8.39. The molecular weight excluding hydrogens is 829 g/mol. The average molecular weight is 940 g/mol. The number of carbonyl (C=O) groups excluding carboxylic acids is 3. The molecule has 0 aromatic carbocycles. The summed E-state index contributed by atoms with van der Waals surface area (Å²) in [6.07, 6.45) is 68.4. The lowest BCUT2D eigenvalue weighted by Crippen LogP contribution is -2.30. The number of unbranched alkanes of at least 4 members (excludes halogenated alkanes) is 34. The van der Waals surface area contributed by atoms with Crippen molar-refractivity contribution in [3.63, 3.8) is 0 Å². The summed E-state index contributed by atoms with van der Waals surface area (Å²) in [7, 11) is 0. The lowest BCUT2D eigenvalue weighted by Gasteiger charge is -2.18. The van der Waals surface area contributed by atoms with Crippen molar-refractivity contribution >= 4 is 17.9 Å². The van der Waals surface area contributed by atoms with Crippen LogP contribution in [-0.2, 0) is 28.6 Å². The van der Waals surface area contributed by atoms with E-state index >= 15 is 0 Å². The van der Waals surface area contributed by atoms with E-state index in [0.29, 0.717) is 19.3 Å². The van der Waals surface area contributed by atoms with E-state index < -0.39 is 6.10 Å². The quantitative estimate of drug-likeness (QED) is 0.0262. The van der Waals surface area contributed by atoms with Gasteiger partial charge in [0.05, 0.1) is 0 Å². The van der Waals surface area contributed by atoms with Crippen LogP contribution in [0.15, 0.2) is 48.6 Å².